The minimum absolute atomic E-state index is 0.144. The topological polar surface area (TPSA) is 28.0 Å². The molecule has 3 rings (SSSR count). The molecule has 3 aliphatic heterocycles. The molecule has 0 saturated carbocycles. The number of fused-ring (bicyclic) bond motifs is 1. The Morgan fingerprint density at radius 3 is 2.88 bits per heavy atom. The standard InChI is InChI=1S/C13H19N3S/c1-9(16-7-3-4-8-16)11-5-6-12-13(15-11)14-10(2)17-12/h5-6,9,12-13H,3-4,7-8H2,1-2H3/t9-,12?,13?/m0/s1. The lowest BCUT2D eigenvalue weighted by Gasteiger charge is -2.27. The molecule has 2 unspecified atom stereocenters. The van der Waals surface area contributed by atoms with E-state index in [-0.39, 0.29) is 6.17 Å². The maximum atomic E-state index is 4.82. The van der Waals surface area contributed by atoms with E-state index in [2.05, 4.69) is 35.9 Å². The monoisotopic (exact) mass is 249 g/mol. The fraction of sp³-hybridized carbons (Fsp3) is 0.692. The van der Waals surface area contributed by atoms with Crippen molar-refractivity contribution in [2.75, 3.05) is 13.1 Å². The molecule has 3 heterocycles. The quantitative estimate of drug-likeness (QED) is 0.751. The first-order chi connectivity index (χ1) is 8.24. The maximum absolute atomic E-state index is 4.82. The van der Waals surface area contributed by atoms with Crippen LogP contribution in [0.25, 0.3) is 0 Å². The van der Waals surface area contributed by atoms with E-state index in [1.165, 1.54) is 36.7 Å². The van der Waals surface area contributed by atoms with Crippen LogP contribution in [0.2, 0.25) is 0 Å². The van der Waals surface area contributed by atoms with Crippen molar-refractivity contribution in [2.45, 2.75) is 44.1 Å². The number of hydrogen-bond acceptors (Lipinski definition) is 4. The minimum atomic E-state index is 0.144. The van der Waals surface area contributed by atoms with E-state index in [4.69, 9.17) is 4.99 Å². The van der Waals surface area contributed by atoms with Gasteiger partial charge in [-0.15, -0.1) is 0 Å². The van der Waals surface area contributed by atoms with Gasteiger partial charge in [-0.1, -0.05) is 17.8 Å². The van der Waals surface area contributed by atoms with Crippen LogP contribution in [-0.2, 0) is 0 Å². The summed E-state index contributed by atoms with van der Waals surface area (Å²) in [7, 11) is 0. The summed E-state index contributed by atoms with van der Waals surface area (Å²) < 4.78 is 0. The summed E-state index contributed by atoms with van der Waals surface area (Å²) in [5, 5.41) is 1.62. The van der Waals surface area contributed by atoms with Crippen molar-refractivity contribution in [2.24, 2.45) is 9.98 Å². The lowest BCUT2D eigenvalue weighted by molar-refractivity contribution is 0.314. The third kappa shape index (κ3) is 2.20. The average molecular weight is 249 g/mol. The first kappa shape index (κ1) is 11.5. The van der Waals surface area contributed by atoms with E-state index in [0.717, 1.165) is 0 Å². The van der Waals surface area contributed by atoms with Crippen LogP contribution in [0.5, 0.6) is 0 Å². The second kappa shape index (κ2) is 4.58. The van der Waals surface area contributed by atoms with E-state index in [0.29, 0.717) is 11.3 Å². The molecular weight excluding hydrogens is 230 g/mol. The van der Waals surface area contributed by atoms with Crippen molar-refractivity contribution in [3.05, 3.63) is 12.2 Å². The molecule has 0 radical (unpaired) electrons. The molecule has 0 amide bonds. The van der Waals surface area contributed by atoms with Crippen molar-refractivity contribution in [1.82, 2.24) is 4.90 Å². The highest BCUT2D eigenvalue weighted by atomic mass is 32.2. The first-order valence-electron chi connectivity index (χ1n) is 6.45. The Bertz CT molecular complexity index is 393. The number of thioether (sulfide) groups is 1. The van der Waals surface area contributed by atoms with Crippen LogP contribution in [0.15, 0.2) is 22.1 Å². The van der Waals surface area contributed by atoms with Gasteiger partial charge in [0.2, 0.25) is 0 Å². The maximum Gasteiger partial charge on any atom is 0.156 e. The third-order valence-corrected chi connectivity index (χ3v) is 4.89. The molecule has 4 heteroatoms. The Morgan fingerprint density at radius 1 is 1.35 bits per heavy atom. The van der Waals surface area contributed by atoms with Gasteiger partial charge in [0.15, 0.2) is 6.17 Å². The van der Waals surface area contributed by atoms with E-state index in [1.807, 2.05) is 11.8 Å². The van der Waals surface area contributed by atoms with Gasteiger partial charge in [-0.25, -0.2) is 0 Å². The summed E-state index contributed by atoms with van der Waals surface area (Å²) in [5.41, 5.74) is 1.22. The van der Waals surface area contributed by atoms with E-state index in [1.54, 1.807) is 0 Å². The van der Waals surface area contributed by atoms with Crippen molar-refractivity contribution in [3.63, 3.8) is 0 Å². The van der Waals surface area contributed by atoms with Crippen molar-refractivity contribution in [1.29, 1.82) is 0 Å². The molecule has 0 aromatic carbocycles. The largest absolute Gasteiger partial charge is 0.295 e. The first-order valence-corrected chi connectivity index (χ1v) is 7.33. The molecular formula is C13H19N3S. The fourth-order valence-electron chi connectivity index (χ4n) is 2.74. The Balaban J connectivity index is 1.75. The van der Waals surface area contributed by atoms with Crippen LogP contribution >= 0.6 is 11.8 Å². The van der Waals surface area contributed by atoms with E-state index in [9.17, 15) is 0 Å². The summed E-state index contributed by atoms with van der Waals surface area (Å²) in [6.07, 6.45) is 7.31. The van der Waals surface area contributed by atoms with Gasteiger partial charge >= 0.3 is 0 Å². The van der Waals surface area contributed by atoms with Crippen LogP contribution in [-0.4, -0.2) is 46.2 Å². The summed E-state index contributed by atoms with van der Waals surface area (Å²) in [6, 6.07) is 0.454. The van der Waals surface area contributed by atoms with Crippen molar-refractivity contribution < 1.29 is 0 Å². The normalized spacial score (nSPS) is 34.5. The molecule has 1 fully saturated rings. The number of likely N-dealkylation sites (tertiary alicyclic amines) is 1. The minimum Gasteiger partial charge on any atom is -0.295 e. The smallest absolute Gasteiger partial charge is 0.156 e. The van der Waals surface area contributed by atoms with E-state index < -0.39 is 0 Å². The Labute approximate surface area is 107 Å². The van der Waals surface area contributed by atoms with Crippen molar-refractivity contribution in [3.8, 4) is 0 Å². The van der Waals surface area contributed by atoms with Gasteiger partial charge in [-0.2, -0.15) is 0 Å². The molecule has 3 nitrogen and oxygen atoms in total. The third-order valence-electron chi connectivity index (χ3n) is 3.77. The molecule has 0 N–H and O–H groups in total. The van der Waals surface area contributed by atoms with Crippen LogP contribution in [0.4, 0.5) is 0 Å². The van der Waals surface area contributed by atoms with Crippen LogP contribution < -0.4 is 0 Å². The number of aliphatic imine (C=N–C) groups is 2. The predicted molar refractivity (Wildman–Crippen MR) is 75.1 cm³/mol. The molecule has 1 saturated heterocycles. The summed E-state index contributed by atoms with van der Waals surface area (Å²) in [5.74, 6) is 0. The number of nitrogens with zero attached hydrogens (tertiary/aromatic N) is 3. The Kier molecular flexibility index (Phi) is 3.09. The molecule has 0 bridgehead atoms. The number of dihydropyridines is 1. The zero-order chi connectivity index (χ0) is 11.8. The molecule has 92 valence electrons. The van der Waals surface area contributed by atoms with E-state index >= 15 is 0 Å². The van der Waals surface area contributed by atoms with Crippen LogP contribution in [0, 0.1) is 0 Å². The van der Waals surface area contributed by atoms with Crippen LogP contribution in [0.1, 0.15) is 26.7 Å². The van der Waals surface area contributed by atoms with Gasteiger partial charge in [0.25, 0.3) is 0 Å². The van der Waals surface area contributed by atoms with Crippen molar-refractivity contribution >= 4 is 22.5 Å². The Hall–Kier alpha value is -0.610. The number of rotatable bonds is 2. The molecule has 0 aromatic heterocycles. The Morgan fingerprint density at radius 2 is 2.12 bits per heavy atom. The lowest BCUT2D eigenvalue weighted by Crippen LogP contribution is -2.38. The second-order valence-corrected chi connectivity index (χ2v) is 6.35. The zero-order valence-corrected chi connectivity index (χ0v) is 11.3. The highest BCUT2D eigenvalue weighted by Crippen LogP contribution is 2.31. The summed E-state index contributed by atoms with van der Waals surface area (Å²) in [6.45, 7) is 6.79. The lowest BCUT2D eigenvalue weighted by atomic mass is 10.1. The molecule has 0 aromatic rings. The van der Waals surface area contributed by atoms with Gasteiger partial charge in [0.1, 0.15) is 0 Å². The van der Waals surface area contributed by atoms with Gasteiger partial charge in [-0.3, -0.25) is 14.9 Å². The number of hydrogen-bond donors (Lipinski definition) is 0. The summed E-state index contributed by atoms with van der Waals surface area (Å²) >= 11 is 1.84. The molecule has 0 spiro atoms. The van der Waals surface area contributed by atoms with Gasteiger partial charge in [0, 0.05) is 6.04 Å². The molecule has 0 aliphatic carbocycles. The second-order valence-electron chi connectivity index (χ2n) is 4.98. The molecule has 17 heavy (non-hydrogen) atoms. The average Bonchev–Trinajstić information content (AvgIpc) is 2.94. The van der Waals surface area contributed by atoms with Crippen LogP contribution in [0.3, 0.4) is 0 Å². The predicted octanol–water partition coefficient (Wildman–Crippen LogP) is 2.34. The molecule has 3 atom stereocenters. The highest BCUT2D eigenvalue weighted by Gasteiger charge is 2.31. The van der Waals surface area contributed by atoms with Gasteiger partial charge in [-0.05, 0) is 45.9 Å². The van der Waals surface area contributed by atoms with Gasteiger partial charge in [0.05, 0.1) is 16.0 Å². The SMILES string of the molecule is CC1=NC2N=C([C@H](C)N3CCCC3)C=CC2S1. The summed E-state index contributed by atoms with van der Waals surface area (Å²) in [4.78, 5) is 11.9. The highest BCUT2D eigenvalue weighted by molar-refractivity contribution is 8.14. The fourth-order valence-corrected chi connectivity index (χ4v) is 3.70. The zero-order valence-electron chi connectivity index (χ0n) is 10.5. The van der Waals surface area contributed by atoms with Gasteiger partial charge < -0.3 is 0 Å². The molecule has 3 aliphatic rings.